The Hall–Kier alpha value is -6.77. The predicted molar refractivity (Wildman–Crippen MR) is 236 cm³/mol. The van der Waals surface area contributed by atoms with E-state index in [1.54, 1.807) is 0 Å². The lowest BCUT2D eigenvalue weighted by molar-refractivity contribution is 0.588. The molecule has 8 aromatic carbocycles. The minimum atomic E-state index is -0.218. The summed E-state index contributed by atoms with van der Waals surface area (Å²) in [5, 5.41) is 7.84. The second-order valence-corrected chi connectivity index (χ2v) is 15.7. The molecular weight excluding hydrogens is 677 g/mol. The molecule has 11 rings (SSSR count). The highest BCUT2D eigenvalue weighted by Gasteiger charge is 2.32. The number of aromatic nitrogens is 2. The van der Waals surface area contributed by atoms with Crippen molar-refractivity contribution in [2.45, 2.75) is 31.6 Å². The van der Waals surface area contributed by atoms with Crippen LogP contribution in [0.15, 0.2) is 170 Å². The summed E-state index contributed by atoms with van der Waals surface area (Å²) in [7, 11) is 0. The Morgan fingerprint density at radius 2 is 1.11 bits per heavy atom. The van der Waals surface area contributed by atoms with Gasteiger partial charge in [-0.1, -0.05) is 159 Å². The van der Waals surface area contributed by atoms with Crippen molar-refractivity contribution in [2.75, 3.05) is 0 Å². The Kier molecular flexibility index (Phi) is 7.53. The van der Waals surface area contributed by atoms with Gasteiger partial charge < -0.3 is 0 Å². The standard InChI is InChI=1S/C54H40N2/c1-54(43-29-27-38(28-30-43)53-55-49-21-11-12-22-50(49)56(53)44-17-3-2-4-18-44)32-31-47-48(35-54)52(42-26-24-37-14-6-8-16-40(37)34-42)46-20-10-9-19-45(46)51(47)41-25-23-36-13-5-7-15-39(36)33-41/h2-8,11-34H,9-10,35H2,1H3. The molecule has 1 aromatic heterocycles. The van der Waals surface area contributed by atoms with Gasteiger partial charge in [0.25, 0.3) is 0 Å². The highest BCUT2D eigenvalue weighted by molar-refractivity contribution is 5.94. The number of imidazole rings is 1. The Bertz CT molecular complexity index is 3170. The molecule has 0 aliphatic heterocycles. The van der Waals surface area contributed by atoms with Gasteiger partial charge in [-0.3, -0.25) is 4.57 Å². The number of hydrogen-bond donors (Lipinski definition) is 0. The van der Waals surface area contributed by atoms with Crippen molar-refractivity contribution in [2.24, 2.45) is 0 Å². The average Bonchev–Trinajstić information content (AvgIpc) is 3.65. The number of allylic oxidation sites excluding steroid dienone is 1. The number of para-hydroxylation sites is 3. The molecule has 0 N–H and O–H groups in total. The van der Waals surface area contributed by atoms with E-state index >= 15 is 0 Å². The molecule has 2 aliphatic carbocycles. The molecule has 2 nitrogen and oxygen atoms in total. The molecule has 0 fully saturated rings. The molecule has 2 aliphatic rings. The van der Waals surface area contributed by atoms with Gasteiger partial charge in [0.05, 0.1) is 11.0 Å². The third kappa shape index (κ3) is 5.28. The maximum Gasteiger partial charge on any atom is 0.145 e. The summed E-state index contributed by atoms with van der Waals surface area (Å²) >= 11 is 0. The number of hydrogen-bond acceptors (Lipinski definition) is 1. The van der Waals surface area contributed by atoms with Crippen LogP contribution in [0.1, 0.15) is 36.5 Å². The Balaban J connectivity index is 1.09. The molecule has 0 saturated heterocycles. The normalized spacial score (nSPS) is 16.0. The largest absolute Gasteiger partial charge is 0.292 e. The van der Waals surface area contributed by atoms with Gasteiger partial charge in [0.15, 0.2) is 0 Å². The summed E-state index contributed by atoms with van der Waals surface area (Å²) in [5.74, 6) is 0.954. The topological polar surface area (TPSA) is 17.8 Å². The minimum absolute atomic E-state index is 0.218. The van der Waals surface area contributed by atoms with Gasteiger partial charge in [-0.25, -0.2) is 4.98 Å². The van der Waals surface area contributed by atoms with E-state index in [4.69, 9.17) is 4.98 Å². The van der Waals surface area contributed by atoms with E-state index in [1.807, 2.05) is 0 Å². The second-order valence-electron chi connectivity index (χ2n) is 15.7. The third-order valence-corrected chi connectivity index (χ3v) is 12.2. The van der Waals surface area contributed by atoms with Gasteiger partial charge in [-0.15, -0.1) is 0 Å². The number of fused-ring (bicyclic) bond motifs is 5. The SMILES string of the molecule is CC1(c2ccc(-c3nc4ccccc4n3-c3ccccc3)cc2)C=Cc2c(c(-c3ccc4ccccc4c3)c3c(c2-c2ccc4ccccc4c2)=CCCC=3)C1. The van der Waals surface area contributed by atoms with Gasteiger partial charge in [0, 0.05) is 16.7 Å². The Labute approximate surface area is 327 Å². The molecule has 0 spiro atoms. The quantitative estimate of drug-likeness (QED) is 0.173. The van der Waals surface area contributed by atoms with Crippen LogP contribution in [0.25, 0.3) is 90.1 Å². The number of rotatable bonds is 5. The molecule has 266 valence electrons. The van der Waals surface area contributed by atoms with Crippen molar-refractivity contribution in [3.8, 4) is 39.3 Å². The fraction of sp³-hybridized carbons (Fsp3) is 0.0926. The molecule has 0 radical (unpaired) electrons. The van der Waals surface area contributed by atoms with E-state index in [1.165, 1.54) is 70.9 Å². The molecule has 0 amide bonds. The van der Waals surface area contributed by atoms with Crippen LogP contribution in [-0.4, -0.2) is 9.55 Å². The average molecular weight is 717 g/mol. The molecule has 0 saturated carbocycles. The van der Waals surface area contributed by atoms with Crippen molar-refractivity contribution in [3.05, 3.63) is 197 Å². The molecule has 9 aromatic rings. The van der Waals surface area contributed by atoms with Crippen LogP contribution in [0.5, 0.6) is 0 Å². The van der Waals surface area contributed by atoms with Gasteiger partial charge in [0.1, 0.15) is 5.82 Å². The molecule has 1 unspecified atom stereocenters. The van der Waals surface area contributed by atoms with Crippen LogP contribution in [-0.2, 0) is 11.8 Å². The molecular formula is C54H40N2. The summed E-state index contributed by atoms with van der Waals surface area (Å²) in [6.07, 6.45) is 12.9. The highest BCUT2D eigenvalue weighted by atomic mass is 15.1. The third-order valence-electron chi connectivity index (χ3n) is 12.2. The molecule has 1 heterocycles. The van der Waals surface area contributed by atoms with Gasteiger partial charge in [-0.2, -0.15) is 0 Å². The first kappa shape index (κ1) is 32.6. The Morgan fingerprint density at radius 3 is 1.80 bits per heavy atom. The van der Waals surface area contributed by atoms with Crippen LogP contribution in [0, 0.1) is 0 Å². The smallest absolute Gasteiger partial charge is 0.145 e. The molecule has 56 heavy (non-hydrogen) atoms. The summed E-state index contributed by atoms with van der Waals surface area (Å²) < 4.78 is 2.28. The van der Waals surface area contributed by atoms with Gasteiger partial charge in [-0.05, 0) is 127 Å². The zero-order chi connectivity index (χ0) is 37.2. The monoisotopic (exact) mass is 716 g/mol. The van der Waals surface area contributed by atoms with Crippen LogP contribution >= 0.6 is 0 Å². The minimum Gasteiger partial charge on any atom is -0.292 e. The van der Waals surface area contributed by atoms with E-state index in [0.717, 1.165) is 47.4 Å². The first-order valence-corrected chi connectivity index (χ1v) is 19.8. The van der Waals surface area contributed by atoms with E-state index in [2.05, 4.69) is 200 Å². The molecule has 1 atom stereocenters. The summed E-state index contributed by atoms with van der Waals surface area (Å²) in [5.41, 5.74) is 13.5. The van der Waals surface area contributed by atoms with Gasteiger partial charge in [0.2, 0.25) is 0 Å². The lowest BCUT2D eigenvalue weighted by Crippen LogP contribution is -2.36. The summed E-state index contributed by atoms with van der Waals surface area (Å²) in [6.45, 7) is 2.41. The zero-order valence-corrected chi connectivity index (χ0v) is 31.4. The van der Waals surface area contributed by atoms with Crippen LogP contribution < -0.4 is 10.4 Å². The van der Waals surface area contributed by atoms with Crippen molar-refractivity contribution in [1.82, 2.24) is 9.55 Å². The maximum absolute atomic E-state index is 5.16. The van der Waals surface area contributed by atoms with Crippen molar-refractivity contribution >= 4 is 50.8 Å². The maximum atomic E-state index is 5.16. The van der Waals surface area contributed by atoms with Crippen LogP contribution in [0.4, 0.5) is 0 Å². The van der Waals surface area contributed by atoms with E-state index < -0.39 is 0 Å². The summed E-state index contributed by atoms with van der Waals surface area (Å²) in [6, 6.07) is 59.7. The van der Waals surface area contributed by atoms with Crippen LogP contribution in [0.2, 0.25) is 0 Å². The van der Waals surface area contributed by atoms with E-state index in [-0.39, 0.29) is 5.41 Å². The van der Waals surface area contributed by atoms with Crippen molar-refractivity contribution in [3.63, 3.8) is 0 Å². The highest BCUT2D eigenvalue weighted by Crippen LogP contribution is 2.43. The first-order chi connectivity index (χ1) is 27.6. The molecule has 2 heteroatoms. The fourth-order valence-electron chi connectivity index (χ4n) is 9.39. The predicted octanol–water partition coefficient (Wildman–Crippen LogP) is 12.2. The summed E-state index contributed by atoms with van der Waals surface area (Å²) in [4.78, 5) is 5.16. The van der Waals surface area contributed by atoms with Crippen molar-refractivity contribution < 1.29 is 0 Å². The Morgan fingerprint density at radius 1 is 0.536 bits per heavy atom. The number of benzene rings is 8. The fourth-order valence-corrected chi connectivity index (χ4v) is 9.39. The number of nitrogens with zero attached hydrogens (tertiary/aromatic N) is 2. The zero-order valence-electron chi connectivity index (χ0n) is 31.4. The van der Waals surface area contributed by atoms with Crippen LogP contribution in [0.3, 0.4) is 0 Å². The van der Waals surface area contributed by atoms with Gasteiger partial charge >= 0.3 is 0 Å². The molecule has 0 bridgehead atoms. The first-order valence-electron chi connectivity index (χ1n) is 19.8. The lowest BCUT2D eigenvalue weighted by Gasteiger charge is -2.34. The van der Waals surface area contributed by atoms with Crippen molar-refractivity contribution in [1.29, 1.82) is 0 Å². The van der Waals surface area contributed by atoms with E-state index in [9.17, 15) is 0 Å². The lowest BCUT2D eigenvalue weighted by atomic mass is 9.69. The van der Waals surface area contributed by atoms with E-state index in [0.29, 0.717) is 0 Å². The second kappa shape index (κ2) is 12.9.